The predicted octanol–water partition coefficient (Wildman–Crippen LogP) is 0.651. The lowest BCUT2D eigenvalue weighted by Crippen LogP contribution is -2.17. The SMILES string of the molecule is Cc1nn(CCO)c(C)c1/C=N/NC(=O)c1ccncc1. The topological polar surface area (TPSA) is 92.4 Å². The molecule has 2 aromatic heterocycles. The van der Waals surface area contributed by atoms with Crippen molar-refractivity contribution in [3.63, 3.8) is 0 Å². The van der Waals surface area contributed by atoms with Gasteiger partial charge in [-0.1, -0.05) is 0 Å². The Morgan fingerprint density at radius 2 is 2.14 bits per heavy atom. The molecule has 21 heavy (non-hydrogen) atoms. The average molecular weight is 287 g/mol. The monoisotopic (exact) mass is 287 g/mol. The second-order valence-electron chi connectivity index (χ2n) is 4.47. The molecule has 2 aromatic rings. The molecule has 0 atom stereocenters. The summed E-state index contributed by atoms with van der Waals surface area (Å²) in [5.41, 5.74) is 5.47. The van der Waals surface area contributed by atoms with E-state index < -0.39 is 0 Å². The number of aliphatic hydroxyl groups excluding tert-OH is 1. The highest BCUT2D eigenvalue weighted by molar-refractivity contribution is 5.94. The molecule has 1 amide bonds. The molecule has 2 N–H and O–H groups in total. The number of amides is 1. The van der Waals surface area contributed by atoms with Crippen molar-refractivity contribution in [2.45, 2.75) is 20.4 Å². The molecule has 0 bridgehead atoms. The second-order valence-corrected chi connectivity index (χ2v) is 4.47. The third kappa shape index (κ3) is 3.51. The first-order valence-electron chi connectivity index (χ1n) is 6.51. The van der Waals surface area contributed by atoms with E-state index in [1.165, 1.54) is 0 Å². The molecule has 7 heteroatoms. The van der Waals surface area contributed by atoms with Crippen LogP contribution in [0.1, 0.15) is 27.3 Å². The maximum absolute atomic E-state index is 11.8. The predicted molar refractivity (Wildman–Crippen MR) is 78.1 cm³/mol. The van der Waals surface area contributed by atoms with Crippen LogP contribution in [0, 0.1) is 13.8 Å². The summed E-state index contributed by atoms with van der Waals surface area (Å²) in [4.78, 5) is 15.7. The number of aromatic nitrogens is 3. The Labute approximate surface area is 122 Å². The number of hydrogen-bond acceptors (Lipinski definition) is 5. The Morgan fingerprint density at radius 1 is 1.43 bits per heavy atom. The Morgan fingerprint density at radius 3 is 2.81 bits per heavy atom. The first-order valence-corrected chi connectivity index (χ1v) is 6.51. The maximum Gasteiger partial charge on any atom is 0.271 e. The van der Waals surface area contributed by atoms with Gasteiger partial charge in [0.2, 0.25) is 0 Å². The third-order valence-corrected chi connectivity index (χ3v) is 3.05. The molecule has 0 fully saturated rings. The summed E-state index contributed by atoms with van der Waals surface area (Å²) in [5, 5.41) is 17.2. The number of pyridine rings is 1. The average Bonchev–Trinajstić information content (AvgIpc) is 2.76. The smallest absolute Gasteiger partial charge is 0.271 e. The van der Waals surface area contributed by atoms with E-state index in [0.29, 0.717) is 12.1 Å². The lowest BCUT2D eigenvalue weighted by molar-refractivity contribution is 0.0955. The summed E-state index contributed by atoms with van der Waals surface area (Å²) in [5.74, 6) is -0.299. The van der Waals surface area contributed by atoms with E-state index in [2.05, 4.69) is 20.6 Å². The number of hydrogen-bond donors (Lipinski definition) is 2. The molecule has 0 aliphatic carbocycles. The number of aliphatic hydroxyl groups is 1. The number of carbonyl (C=O) groups excluding carboxylic acids is 1. The molecule has 110 valence electrons. The maximum atomic E-state index is 11.8. The van der Waals surface area contributed by atoms with E-state index >= 15 is 0 Å². The van der Waals surface area contributed by atoms with Gasteiger partial charge in [0.15, 0.2) is 0 Å². The molecule has 7 nitrogen and oxygen atoms in total. The number of carbonyl (C=O) groups is 1. The van der Waals surface area contributed by atoms with Crippen LogP contribution >= 0.6 is 0 Å². The van der Waals surface area contributed by atoms with Crippen LogP contribution < -0.4 is 5.43 Å². The fraction of sp³-hybridized carbons (Fsp3) is 0.286. The van der Waals surface area contributed by atoms with Gasteiger partial charge in [-0.2, -0.15) is 10.2 Å². The summed E-state index contributed by atoms with van der Waals surface area (Å²) in [7, 11) is 0. The van der Waals surface area contributed by atoms with Gasteiger partial charge in [0.1, 0.15) is 0 Å². The number of rotatable bonds is 5. The second kappa shape index (κ2) is 6.76. The summed E-state index contributed by atoms with van der Waals surface area (Å²) >= 11 is 0. The van der Waals surface area contributed by atoms with E-state index in [4.69, 9.17) is 5.11 Å². The highest BCUT2D eigenvalue weighted by Gasteiger charge is 2.09. The Hall–Kier alpha value is -2.54. The number of hydrazone groups is 1. The van der Waals surface area contributed by atoms with Crippen LogP contribution in [0.5, 0.6) is 0 Å². The van der Waals surface area contributed by atoms with Gasteiger partial charge in [-0.25, -0.2) is 5.43 Å². The Balaban J connectivity index is 2.07. The molecule has 0 saturated heterocycles. The molecule has 0 aromatic carbocycles. The van der Waals surface area contributed by atoms with E-state index in [9.17, 15) is 4.79 Å². The van der Waals surface area contributed by atoms with Crippen molar-refractivity contribution in [3.05, 3.63) is 47.0 Å². The van der Waals surface area contributed by atoms with Crippen molar-refractivity contribution < 1.29 is 9.90 Å². The van der Waals surface area contributed by atoms with Gasteiger partial charge in [-0.15, -0.1) is 0 Å². The van der Waals surface area contributed by atoms with Crippen LogP contribution in [-0.2, 0) is 6.54 Å². The van der Waals surface area contributed by atoms with Crippen molar-refractivity contribution in [1.29, 1.82) is 0 Å². The molecule has 2 rings (SSSR count). The molecule has 0 saturated carbocycles. The van der Waals surface area contributed by atoms with Gasteiger partial charge in [0.05, 0.1) is 25.1 Å². The minimum absolute atomic E-state index is 0.0251. The fourth-order valence-electron chi connectivity index (χ4n) is 1.93. The highest BCUT2D eigenvalue weighted by Crippen LogP contribution is 2.10. The van der Waals surface area contributed by atoms with Gasteiger partial charge >= 0.3 is 0 Å². The normalized spacial score (nSPS) is 11.0. The first kappa shape index (κ1) is 14.9. The van der Waals surface area contributed by atoms with Crippen molar-refractivity contribution >= 4 is 12.1 Å². The highest BCUT2D eigenvalue weighted by atomic mass is 16.3. The minimum atomic E-state index is -0.299. The number of aryl methyl sites for hydroxylation is 1. The standard InChI is InChI=1S/C14H17N5O2/c1-10-13(11(2)19(18-10)7-8-20)9-16-17-14(21)12-3-5-15-6-4-12/h3-6,9,20H,7-8H2,1-2H3,(H,17,21)/b16-9+. The van der Waals surface area contributed by atoms with Gasteiger partial charge < -0.3 is 5.11 Å². The van der Waals surface area contributed by atoms with Gasteiger partial charge in [0.25, 0.3) is 5.91 Å². The van der Waals surface area contributed by atoms with Crippen LogP contribution in [0.4, 0.5) is 0 Å². The number of nitrogens with zero attached hydrogens (tertiary/aromatic N) is 4. The molecule has 0 radical (unpaired) electrons. The van der Waals surface area contributed by atoms with Gasteiger partial charge in [-0.3, -0.25) is 14.5 Å². The summed E-state index contributed by atoms with van der Waals surface area (Å²) < 4.78 is 1.71. The van der Waals surface area contributed by atoms with Crippen LogP contribution in [0.15, 0.2) is 29.6 Å². The zero-order valence-corrected chi connectivity index (χ0v) is 11.9. The van der Waals surface area contributed by atoms with E-state index in [1.54, 1.807) is 35.4 Å². The Bertz CT molecular complexity index is 649. The van der Waals surface area contributed by atoms with Crippen molar-refractivity contribution in [2.24, 2.45) is 5.10 Å². The molecular weight excluding hydrogens is 270 g/mol. The largest absolute Gasteiger partial charge is 0.394 e. The minimum Gasteiger partial charge on any atom is -0.394 e. The quantitative estimate of drug-likeness (QED) is 0.624. The third-order valence-electron chi connectivity index (χ3n) is 3.05. The van der Waals surface area contributed by atoms with E-state index in [0.717, 1.165) is 17.0 Å². The summed E-state index contributed by atoms with van der Waals surface area (Å²) in [6.07, 6.45) is 4.66. The summed E-state index contributed by atoms with van der Waals surface area (Å²) in [6.45, 7) is 4.20. The van der Waals surface area contributed by atoms with Crippen LogP contribution in [0.2, 0.25) is 0 Å². The van der Waals surface area contributed by atoms with E-state index in [1.807, 2.05) is 13.8 Å². The number of nitrogens with one attached hydrogen (secondary N) is 1. The van der Waals surface area contributed by atoms with Crippen molar-refractivity contribution in [3.8, 4) is 0 Å². The molecule has 0 spiro atoms. The summed E-state index contributed by atoms with van der Waals surface area (Å²) in [6, 6.07) is 3.22. The van der Waals surface area contributed by atoms with E-state index in [-0.39, 0.29) is 12.5 Å². The van der Waals surface area contributed by atoms with Crippen molar-refractivity contribution in [1.82, 2.24) is 20.2 Å². The molecule has 0 unspecified atom stereocenters. The lowest BCUT2D eigenvalue weighted by Gasteiger charge is -2.01. The van der Waals surface area contributed by atoms with Crippen LogP contribution in [0.3, 0.4) is 0 Å². The van der Waals surface area contributed by atoms with Crippen LogP contribution in [-0.4, -0.2) is 38.6 Å². The zero-order chi connectivity index (χ0) is 15.2. The fourth-order valence-corrected chi connectivity index (χ4v) is 1.93. The zero-order valence-electron chi connectivity index (χ0n) is 11.9. The van der Waals surface area contributed by atoms with Gasteiger partial charge in [-0.05, 0) is 26.0 Å². The molecule has 0 aliphatic heterocycles. The molecular formula is C14H17N5O2. The van der Waals surface area contributed by atoms with Gasteiger partial charge in [0, 0.05) is 29.2 Å². The Kier molecular flexibility index (Phi) is 4.78. The lowest BCUT2D eigenvalue weighted by atomic mass is 10.2. The molecule has 2 heterocycles. The molecule has 0 aliphatic rings. The van der Waals surface area contributed by atoms with Crippen LogP contribution in [0.25, 0.3) is 0 Å². The van der Waals surface area contributed by atoms with Crippen molar-refractivity contribution in [2.75, 3.05) is 6.61 Å². The first-order chi connectivity index (χ1) is 10.1.